The zero-order chi connectivity index (χ0) is 13.3. The van der Waals surface area contributed by atoms with Crippen molar-refractivity contribution in [2.24, 2.45) is 0 Å². The minimum Gasteiger partial charge on any atom is -0.391 e. The van der Waals surface area contributed by atoms with Crippen LogP contribution in [-0.4, -0.2) is 48.7 Å². The molecule has 1 heterocycles. The Morgan fingerprint density at radius 3 is 2.33 bits per heavy atom. The number of imidazole rings is 1. The van der Waals surface area contributed by atoms with Crippen LogP contribution in [0.1, 0.15) is 18.9 Å². The number of rotatable bonds is 4. The average Bonchev–Trinajstić information content (AvgIpc) is 2.79. The second-order valence-corrected chi connectivity index (χ2v) is 4.31. The van der Waals surface area contributed by atoms with Gasteiger partial charge in [0, 0.05) is 0 Å². The van der Waals surface area contributed by atoms with Crippen LogP contribution in [0.25, 0.3) is 11.0 Å². The number of hydrogen-bond donors (Lipinski definition) is 5. The molecule has 4 atom stereocenters. The normalized spacial score (nSPS) is 18.5. The van der Waals surface area contributed by atoms with E-state index in [0.29, 0.717) is 5.52 Å². The zero-order valence-electron chi connectivity index (χ0n) is 9.85. The molecule has 2 aromatic rings. The second-order valence-electron chi connectivity index (χ2n) is 4.31. The molecule has 0 saturated heterocycles. The van der Waals surface area contributed by atoms with Crippen LogP contribution < -0.4 is 0 Å². The van der Waals surface area contributed by atoms with E-state index in [0.717, 1.165) is 5.52 Å². The predicted molar refractivity (Wildman–Crippen MR) is 64.7 cm³/mol. The third-order valence-corrected chi connectivity index (χ3v) is 2.86. The number of fused-ring (bicyclic) bond motifs is 1. The summed E-state index contributed by atoms with van der Waals surface area (Å²) in [4.78, 5) is 6.97. The molecule has 18 heavy (non-hydrogen) atoms. The molecule has 1 aromatic heterocycles. The van der Waals surface area contributed by atoms with Gasteiger partial charge in [0.2, 0.25) is 0 Å². The molecule has 6 nitrogen and oxygen atoms in total. The monoisotopic (exact) mass is 252 g/mol. The molecule has 0 aliphatic rings. The maximum atomic E-state index is 9.89. The molecule has 0 aliphatic carbocycles. The standard InChI is InChI=1S/C12H16N2O4/c1-6(15)9(16)10(17)11(18)12-13-7-4-2-3-5-8(7)14-12/h2-6,9-11,15-18H,1H3,(H,13,14)/t6-,9+,10+,11-/m0/s1. The molecule has 0 radical (unpaired) electrons. The Morgan fingerprint density at radius 1 is 1.06 bits per heavy atom. The summed E-state index contributed by atoms with van der Waals surface area (Å²) in [5.41, 5.74) is 1.38. The topological polar surface area (TPSA) is 110 Å². The highest BCUT2D eigenvalue weighted by atomic mass is 16.4. The van der Waals surface area contributed by atoms with Gasteiger partial charge in [-0.2, -0.15) is 0 Å². The van der Waals surface area contributed by atoms with E-state index in [4.69, 9.17) is 0 Å². The van der Waals surface area contributed by atoms with Gasteiger partial charge in [0.15, 0.2) is 0 Å². The van der Waals surface area contributed by atoms with Crippen LogP contribution in [0.5, 0.6) is 0 Å². The van der Waals surface area contributed by atoms with Crippen molar-refractivity contribution in [2.45, 2.75) is 31.3 Å². The number of aromatic amines is 1. The third kappa shape index (κ3) is 2.37. The number of H-pyrrole nitrogens is 1. The van der Waals surface area contributed by atoms with E-state index in [1.807, 2.05) is 6.07 Å². The number of nitrogens with one attached hydrogen (secondary N) is 1. The number of benzene rings is 1. The van der Waals surface area contributed by atoms with E-state index in [9.17, 15) is 20.4 Å². The molecule has 0 bridgehead atoms. The largest absolute Gasteiger partial charge is 0.391 e. The lowest BCUT2D eigenvalue weighted by Gasteiger charge is -2.23. The first kappa shape index (κ1) is 13.0. The maximum Gasteiger partial charge on any atom is 0.140 e. The minimum absolute atomic E-state index is 0.156. The van der Waals surface area contributed by atoms with Crippen LogP contribution in [0.15, 0.2) is 24.3 Å². The number of aliphatic hydroxyl groups is 4. The summed E-state index contributed by atoms with van der Waals surface area (Å²) in [6, 6.07) is 7.17. The molecule has 0 fully saturated rings. The molecule has 2 rings (SSSR count). The highest BCUT2D eigenvalue weighted by Crippen LogP contribution is 2.21. The summed E-state index contributed by atoms with van der Waals surface area (Å²) in [6.45, 7) is 1.33. The number of aliphatic hydroxyl groups excluding tert-OH is 4. The SMILES string of the molecule is C[C@H](O)[C@@H](O)[C@@H](O)[C@H](O)c1nc2ccccc2[nH]1. The van der Waals surface area contributed by atoms with Crippen molar-refractivity contribution in [2.75, 3.05) is 0 Å². The summed E-state index contributed by atoms with van der Waals surface area (Å²) in [6.07, 6.45) is -5.47. The van der Waals surface area contributed by atoms with Crippen LogP contribution >= 0.6 is 0 Å². The summed E-state index contributed by atoms with van der Waals surface area (Å²) in [5, 5.41) is 38.3. The first-order valence-electron chi connectivity index (χ1n) is 5.67. The number of aromatic nitrogens is 2. The van der Waals surface area contributed by atoms with Crippen molar-refractivity contribution in [3.05, 3.63) is 30.1 Å². The highest BCUT2D eigenvalue weighted by molar-refractivity contribution is 5.74. The van der Waals surface area contributed by atoms with Crippen LogP contribution in [0.2, 0.25) is 0 Å². The summed E-state index contributed by atoms with van der Waals surface area (Å²) >= 11 is 0. The van der Waals surface area contributed by atoms with Crippen molar-refractivity contribution >= 4 is 11.0 Å². The van der Waals surface area contributed by atoms with Gasteiger partial charge in [-0.1, -0.05) is 12.1 Å². The highest BCUT2D eigenvalue weighted by Gasteiger charge is 2.30. The van der Waals surface area contributed by atoms with Crippen molar-refractivity contribution < 1.29 is 20.4 Å². The summed E-state index contributed by atoms with van der Waals surface area (Å²) in [7, 11) is 0. The number of hydrogen-bond acceptors (Lipinski definition) is 5. The van der Waals surface area contributed by atoms with Crippen LogP contribution in [0, 0.1) is 0 Å². The number of para-hydroxylation sites is 2. The zero-order valence-corrected chi connectivity index (χ0v) is 9.85. The van der Waals surface area contributed by atoms with Gasteiger partial charge in [0.1, 0.15) is 24.1 Å². The van der Waals surface area contributed by atoms with Gasteiger partial charge in [0.05, 0.1) is 17.1 Å². The molecule has 1 aromatic carbocycles. The van der Waals surface area contributed by atoms with Gasteiger partial charge in [-0.15, -0.1) is 0 Å². The van der Waals surface area contributed by atoms with E-state index < -0.39 is 24.4 Å². The van der Waals surface area contributed by atoms with Gasteiger partial charge >= 0.3 is 0 Å². The Hall–Kier alpha value is -1.47. The summed E-state index contributed by atoms with van der Waals surface area (Å²) in [5.74, 6) is 0.156. The predicted octanol–water partition coefficient (Wildman–Crippen LogP) is -0.301. The van der Waals surface area contributed by atoms with Crippen molar-refractivity contribution in [3.8, 4) is 0 Å². The van der Waals surface area contributed by atoms with Crippen molar-refractivity contribution in [1.29, 1.82) is 0 Å². The smallest absolute Gasteiger partial charge is 0.140 e. The fourth-order valence-electron chi connectivity index (χ4n) is 1.75. The molecule has 5 N–H and O–H groups in total. The molecule has 0 aliphatic heterocycles. The van der Waals surface area contributed by atoms with Gasteiger partial charge in [-0.05, 0) is 19.1 Å². The second kappa shape index (κ2) is 5.03. The van der Waals surface area contributed by atoms with E-state index in [-0.39, 0.29) is 5.82 Å². The van der Waals surface area contributed by atoms with E-state index >= 15 is 0 Å². The Bertz CT molecular complexity index is 493. The maximum absolute atomic E-state index is 9.89. The van der Waals surface area contributed by atoms with Crippen LogP contribution in [0.4, 0.5) is 0 Å². The lowest BCUT2D eigenvalue weighted by atomic mass is 10.0. The number of nitrogens with zero attached hydrogens (tertiary/aromatic N) is 1. The molecule has 0 spiro atoms. The third-order valence-electron chi connectivity index (χ3n) is 2.86. The first-order valence-corrected chi connectivity index (χ1v) is 5.67. The Morgan fingerprint density at radius 2 is 1.72 bits per heavy atom. The summed E-state index contributed by atoms with van der Waals surface area (Å²) < 4.78 is 0. The fourth-order valence-corrected chi connectivity index (χ4v) is 1.75. The fraction of sp³-hybridized carbons (Fsp3) is 0.417. The van der Waals surface area contributed by atoms with Crippen LogP contribution in [0.3, 0.4) is 0 Å². The van der Waals surface area contributed by atoms with Gasteiger partial charge < -0.3 is 25.4 Å². The first-order chi connectivity index (χ1) is 8.50. The van der Waals surface area contributed by atoms with Crippen molar-refractivity contribution in [1.82, 2.24) is 9.97 Å². The minimum atomic E-state index is -1.51. The molecule has 98 valence electrons. The molecule has 6 heteroatoms. The van der Waals surface area contributed by atoms with Crippen LogP contribution in [-0.2, 0) is 0 Å². The molecule has 0 unspecified atom stereocenters. The quantitative estimate of drug-likeness (QED) is 0.513. The Labute approximate surface area is 104 Å². The molecular formula is C12H16N2O4. The van der Waals surface area contributed by atoms with Gasteiger partial charge in [-0.25, -0.2) is 4.98 Å². The van der Waals surface area contributed by atoms with Crippen molar-refractivity contribution in [3.63, 3.8) is 0 Å². The molecule has 0 amide bonds. The molecule has 0 saturated carbocycles. The van der Waals surface area contributed by atoms with E-state index in [2.05, 4.69) is 9.97 Å². The average molecular weight is 252 g/mol. The Kier molecular flexibility index (Phi) is 3.63. The lowest BCUT2D eigenvalue weighted by molar-refractivity contribution is -0.103. The molecular weight excluding hydrogens is 236 g/mol. The lowest BCUT2D eigenvalue weighted by Crippen LogP contribution is -2.39. The van der Waals surface area contributed by atoms with Gasteiger partial charge in [-0.3, -0.25) is 0 Å². The van der Waals surface area contributed by atoms with E-state index in [1.165, 1.54) is 6.92 Å². The van der Waals surface area contributed by atoms with Gasteiger partial charge in [0.25, 0.3) is 0 Å². The van der Waals surface area contributed by atoms with E-state index in [1.54, 1.807) is 18.2 Å². The Balaban J connectivity index is 2.25.